The van der Waals surface area contributed by atoms with Crippen LogP contribution in [0.1, 0.15) is 29.7 Å². The first kappa shape index (κ1) is 21.0. The van der Waals surface area contributed by atoms with Gasteiger partial charge in [-0.3, -0.25) is 0 Å². The van der Waals surface area contributed by atoms with E-state index in [0.717, 1.165) is 18.8 Å². The summed E-state index contributed by atoms with van der Waals surface area (Å²) in [6.07, 6.45) is 3.26. The monoisotopic (exact) mass is 411 g/mol. The molecule has 0 fully saturated rings. The fourth-order valence-corrected chi connectivity index (χ4v) is 3.75. The van der Waals surface area contributed by atoms with Crippen LogP contribution in [0.3, 0.4) is 0 Å². The summed E-state index contributed by atoms with van der Waals surface area (Å²) in [5.74, 6) is 0. The van der Waals surface area contributed by atoms with Crippen LogP contribution in [0.25, 0.3) is 16.8 Å². The molecule has 0 aliphatic heterocycles. The van der Waals surface area contributed by atoms with Gasteiger partial charge in [0.25, 0.3) is 0 Å². The van der Waals surface area contributed by atoms with Gasteiger partial charge < -0.3 is 10.2 Å². The molecule has 0 aliphatic carbocycles. The number of aromatic nitrogens is 3. The maximum atomic E-state index is 4.18. The summed E-state index contributed by atoms with van der Waals surface area (Å²) >= 11 is 0. The Hall–Kier alpha value is -3.28. The molecule has 0 radical (unpaired) electrons. The SMILES string of the molecule is CC(NCc1ccccc1-c1ccc(CN(C)C)cc1)c1ccc(-n2cncn2)cc1. The summed E-state index contributed by atoms with van der Waals surface area (Å²) in [7, 11) is 4.19. The molecule has 31 heavy (non-hydrogen) atoms. The van der Waals surface area contributed by atoms with Crippen LogP contribution in [-0.2, 0) is 13.1 Å². The zero-order valence-corrected chi connectivity index (χ0v) is 18.4. The third-order valence-corrected chi connectivity index (χ3v) is 5.46. The van der Waals surface area contributed by atoms with Gasteiger partial charge in [-0.25, -0.2) is 9.67 Å². The van der Waals surface area contributed by atoms with Crippen molar-refractivity contribution < 1.29 is 0 Å². The summed E-state index contributed by atoms with van der Waals surface area (Å²) < 4.78 is 1.77. The van der Waals surface area contributed by atoms with E-state index in [4.69, 9.17) is 0 Å². The Morgan fingerprint density at radius 1 is 0.935 bits per heavy atom. The predicted molar refractivity (Wildman–Crippen MR) is 126 cm³/mol. The van der Waals surface area contributed by atoms with Crippen LogP contribution in [0, 0.1) is 0 Å². The van der Waals surface area contributed by atoms with Gasteiger partial charge in [0.1, 0.15) is 12.7 Å². The molecule has 1 unspecified atom stereocenters. The average molecular weight is 412 g/mol. The summed E-state index contributed by atoms with van der Waals surface area (Å²) in [6, 6.07) is 26.2. The standard InChI is InChI=1S/C26H29N5/c1-20(22-12-14-25(15-13-22)31-19-27-18-29-31)28-16-24-6-4-5-7-26(24)23-10-8-21(9-11-23)17-30(2)3/h4-15,18-20,28H,16-17H2,1-3H3. The Morgan fingerprint density at radius 3 is 2.35 bits per heavy atom. The van der Waals surface area contributed by atoms with Gasteiger partial charge in [-0.05, 0) is 61.0 Å². The lowest BCUT2D eigenvalue weighted by Crippen LogP contribution is -2.18. The minimum absolute atomic E-state index is 0.236. The van der Waals surface area contributed by atoms with Crippen LogP contribution in [-0.4, -0.2) is 33.8 Å². The van der Waals surface area contributed by atoms with Crippen molar-refractivity contribution in [1.29, 1.82) is 0 Å². The summed E-state index contributed by atoms with van der Waals surface area (Å²) in [6.45, 7) is 3.96. The molecular weight excluding hydrogens is 382 g/mol. The molecule has 0 saturated carbocycles. The van der Waals surface area contributed by atoms with E-state index in [9.17, 15) is 0 Å². The number of rotatable bonds is 8. The van der Waals surface area contributed by atoms with Crippen LogP contribution in [0.15, 0.2) is 85.5 Å². The van der Waals surface area contributed by atoms with E-state index < -0.39 is 0 Å². The lowest BCUT2D eigenvalue weighted by Gasteiger charge is -2.17. The molecule has 5 nitrogen and oxygen atoms in total. The molecular formula is C26H29N5. The Bertz CT molecular complexity index is 1080. The molecule has 0 spiro atoms. The Balaban J connectivity index is 1.44. The minimum Gasteiger partial charge on any atom is -0.306 e. The van der Waals surface area contributed by atoms with Crippen molar-refractivity contribution in [2.45, 2.75) is 26.1 Å². The topological polar surface area (TPSA) is 46.0 Å². The second-order valence-corrected chi connectivity index (χ2v) is 8.13. The highest BCUT2D eigenvalue weighted by Crippen LogP contribution is 2.25. The Morgan fingerprint density at radius 2 is 1.68 bits per heavy atom. The van der Waals surface area contributed by atoms with E-state index in [0.29, 0.717) is 0 Å². The van der Waals surface area contributed by atoms with Gasteiger partial charge in [0.05, 0.1) is 5.69 Å². The van der Waals surface area contributed by atoms with Gasteiger partial charge in [-0.15, -0.1) is 0 Å². The Kier molecular flexibility index (Phi) is 6.55. The highest BCUT2D eigenvalue weighted by Gasteiger charge is 2.09. The highest BCUT2D eigenvalue weighted by molar-refractivity contribution is 5.67. The maximum Gasteiger partial charge on any atom is 0.138 e. The molecule has 4 aromatic rings. The number of hydrogen-bond donors (Lipinski definition) is 1. The Labute approximate surface area is 184 Å². The molecule has 0 saturated heterocycles. The second kappa shape index (κ2) is 9.69. The van der Waals surface area contributed by atoms with E-state index in [1.165, 1.54) is 27.8 Å². The molecule has 1 N–H and O–H groups in total. The molecule has 1 atom stereocenters. The molecule has 4 rings (SSSR count). The fraction of sp³-hybridized carbons (Fsp3) is 0.231. The van der Waals surface area contributed by atoms with Crippen molar-refractivity contribution in [3.05, 3.63) is 102 Å². The highest BCUT2D eigenvalue weighted by atomic mass is 15.3. The molecule has 0 aliphatic rings. The van der Waals surface area contributed by atoms with E-state index in [2.05, 4.69) is 114 Å². The third-order valence-electron chi connectivity index (χ3n) is 5.46. The lowest BCUT2D eigenvalue weighted by atomic mass is 9.98. The first-order valence-electron chi connectivity index (χ1n) is 10.6. The maximum absolute atomic E-state index is 4.18. The molecule has 3 aromatic carbocycles. The van der Waals surface area contributed by atoms with Crippen molar-refractivity contribution in [1.82, 2.24) is 25.0 Å². The number of nitrogens with one attached hydrogen (secondary N) is 1. The molecule has 158 valence electrons. The van der Waals surface area contributed by atoms with Gasteiger partial charge in [0.15, 0.2) is 0 Å². The van der Waals surface area contributed by atoms with E-state index in [1.807, 2.05) is 0 Å². The van der Waals surface area contributed by atoms with Crippen molar-refractivity contribution in [3.8, 4) is 16.8 Å². The zero-order valence-electron chi connectivity index (χ0n) is 18.4. The van der Waals surface area contributed by atoms with Gasteiger partial charge in [-0.1, -0.05) is 60.7 Å². The molecule has 1 aromatic heterocycles. The molecule has 5 heteroatoms. The number of hydrogen-bond acceptors (Lipinski definition) is 4. The zero-order chi connectivity index (χ0) is 21.6. The lowest BCUT2D eigenvalue weighted by molar-refractivity contribution is 0.402. The molecule has 0 bridgehead atoms. The van der Waals surface area contributed by atoms with Gasteiger partial charge in [0.2, 0.25) is 0 Å². The normalized spacial score (nSPS) is 12.3. The van der Waals surface area contributed by atoms with E-state index >= 15 is 0 Å². The van der Waals surface area contributed by atoms with Crippen LogP contribution in [0.2, 0.25) is 0 Å². The van der Waals surface area contributed by atoms with Crippen LogP contribution in [0.4, 0.5) is 0 Å². The smallest absolute Gasteiger partial charge is 0.138 e. The first-order valence-corrected chi connectivity index (χ1v) is 10.6. The largest absolute Gasteiger partial charge is 0.306 e. The van der Waals surface area contributed by atoms with Gasteiger partial charge in [-0.2, -0.15) is 5.10 Å². The summed E-state index contributed by atoms with van der Waals surface area (Å²) in [5, 5.41) is 7.86. The first-order chi connectivity index (χ1) is 15.1. The third kappa shape index (κ3) is 5.26. The van der Waals surface area contributed by atoms with Crippen LogP contribution in [0.5, 0.6) is 0 Å². The second-order valence-electron chi connectivity index (χ2n) is 8.13. The van der Waals surface area contributed by atoms with Gasteiger partial charge in [0, 0.05) is 19.1 Å². The summed E-state index contributed by atoms with van der Waals surface area (Å²) in [4.78, 5) is 6.19. The van der Waals surface area contributed by atoms with Crippen molar-refractivity contribution >= 4 is 0 Å². The van der Waals surface area contributed by atoms with Gasteiger partial charge >= 0.3 is 0 Å². The van der Waals surface area contributed by atoms with Crippen LogP contribution >= 0.6 is 0 Å². The number of benzene rings is 3. The summed E-state index contributed by atoms with van der Waals surface area (Å²) in [5.41, 5.74) is 7.41. The molecule has 1 heterocycles. The van der Waals surface area contributed by atoms with Crippen LogP contribution < -0.4 is 5.32 Å². The van der Waals surface area contributed by atoms with E-state index in [1.54, 1.807) is 17.3 Å². The molecule has 0 amide bonds. The average Bonchev–Trinajstić information content (AvgIpc) is 3.33. The van der Waals surface area contributed by atoms with E-state index in [-0.39, 0.29) is 6.04 Å². The predicted octanol–water partition coefficient (Wildman–Crippen LogP) is 4.85. The minimum atomic E-state index is 0.236. The van der Waals surface area contributed by atoms with Crippen molar-refractivity contribution in [3.63, 3.8) is 0 Å². The number of nitrogens with zero attached hydrogens (tertiary/aromatic N) is 4. The quantitative estimate of drug-likeness (QED) is 0.450. The van der Waals surface area contributed by atoms with Crippen molar-refractivity contribution in [2.75, 3.05) is 14.1 Å². The van der Waals surface area contributed by atoms with Crippen molar-refractivity contribution in [2.24, 2.45) is 0 Å². The fourth-order valence-electron chi connectivity index (χ4n) is 3.75.